The van der Waals surface area contributed by atoms with Gasteiger partial charge in [0.05, 0.1) is 11.5 Å². The van der Waals surface area contributed by atoms with Crippen LogP contribution < -0.4 is 0 Å². The van der Waals surface area contributed by atoms with E-state index in [0.717, 1.165) is 49.9 Å². The molecule has 0 bridgehead atoms. The Bertz CT molecular complexity index is 441. The van der Waals surface area contributed by atoms with Crippen molar-refractivity contribution in [3.05, 3.63) is 12.2 Å². The van der Waals surface area contributed by atoms with Crippen molar-refractivity contribution >= 4 is 0 Å². The zero-order chi connectivity index (χ0) is 19.4. The molecule has 154 valence electrons. The van der Waals surface area contributed by atoms with Crippen molar-refractivity contribution in [1.82, 2.24) is 0 Å². The molecule has 0 saturated heterocycles. The Labute approximate surface area is 170 Å². The molecule has 0 unspecified atom stereocenters. The van der Waals surface area contributed by atoms with E-state index in [2.05, 4.69) is 32.1 Å². The summed E-state index contributed by atoms with van der Waals surface area (Å²) in [5, 5.41) is 9.79. The second kappa shape index (κ2) is 12.6. The zero-order valence-corrected chi connectivity index (χ0v) is 18.4. The standard InChI is InChI=1S/C26H45N/c1-3-5-7-9-10-12-23-13-15-24(16-14-23)25-17-20-26(22-27,21-18-25)19-11-8-6-4-2/h6,8,23-25H,3-5,7,9-21H2,1-2H3. The molecule has 0 aromatic heterocycles. The quantitative estimate of drug-likeness (QED) is 0.263. The first-order valence-corrected chi connectivity index (χ1v) is 12.3. The molecule has 27 heavy (non-hydrogen) atoms. The lowest BCUT2D eigenvalue weighted by molar-refractivity contribution is 0.116. The molecule has 1 nitrogen and oxygen atoms in total. The van der Waals surface area contributed by atoms with Crippen molar-refractivity contribution in [2.24, 2.45) is 23.2 Å². The van der Waals surface area contributed by atoms with Crippen LogP contribution in [0.3, 0.4) is 0 Å². The second-order valence-electron chi connectivity index (χ2n) is 9.63. The first-order valence-electron chi connectivity index (χ1n) is 12.3. The van der Waals surface area contributed by atoms with Crippen molar-refractivity contribution in [3.63, 3.8) is 0 Å². The molecular formula is C26H45N. The van der Waals surface area contributed by atoms with Gasteiger partial charge in [0.15, 0.2) is 0 Å². The Morgan fingerprint density at radius 2 is 1.52 bits per heavy atom. The third-order valence-corrected chi connectivity index (χ3v) is 7.69. The highest BCUT2D eigenvalue weighted by Gasteiger charge is 2.38. The first kappa shape index (κ1) is 22.5. The van der Waals surface area contributed by atoms with Crippen molar-refractivity contribution in [3.8, 4) is 6.07 Å². The van der Waals surface area contributed by atoms with Gasteiger partial charge >= 0.3 is 0 Å². The predicted octanol–water partition coefficient (Wildman–Crippen LogP) is 8.60. The normalized spacial score (nSPS) is 31.8. The fourth-order valence-corrected chi connectivity index (χ4v) is 5.71. The van der Waals surface area contributed by atoms with Crippen molar-refractivity contribution < 1.29 is 0 Å². The molecule has 0 aromatic rings. The molecule has 2 fully saturated rings. The van der Waals surface area contributed by atoms with E-state index in [1.165, 1.54) is 77.0 Å². The lowest BCUT2D eigenvalue weighted by Crippen LogP contribution is -2.31. The third kappa shape index (κ3) is 7.63. The Kier molecular flexibility index (Phi) is 10.5. The van der Waals surface area contributed by atoms with Gasteiger partial charge in [-0.15, -0.1) is 0 Å². The molecule has 0 spiro atoms. The molecule has 0 aliphatic heterocycles. The van der Waals surface area contributed by atoms with Gasteiger partial charge in [0, 0.05) is 0 Å². The van der Waals surface area contributed by atoms with Gasteiger partial charge in [-0.1, -0.05) is 77.4 Å². The predicted molar refractivity (Wildman–Crippen MR) is 117 cm³/mol. The van der Waals surface area contributed by atoms with Crippen LogP contribution in [0.4, 0.5) is 0 Å². The molecular weight excluding hydrogens is 326 g/mol. The van der Waals surface area contributed by atoms with Gasteiger partial charge in [-0.3, -0.25) is 0 Å². The van der Waals surface area contributed by atoms with Gasteiger partial charge in [-0.2, -0.15) is 5.26 Å². The highest BCUT2D eigenvalue weighted by Crippen LogP contribution is 2.47. The molecule has 0 aromatic carbocycles. The summed E-state index contributed by atoms with van der Waals surface area (Å²) in [4.78, 5) is 0. The van der Waals surface area contributed by atoms with Gasteiger partial charge in [-0.05, 0) is 75.5 Å². The molecule has 2 saturated carbocycles. The number of unbranched alkanes of at least 4 members (excludes halogenated alkanes) is 4. The summed E-state index contributed by atoms with van der Waals surface area (Å²) in [6, 6.07) is 2.73. The number of nitriles is 1. The van der Waals surface area contributed by atoms with Crippen molar-refractivity contribution in [1.29, 1.82) is 5.26 Å². The highest BCUT2D eigenvalue weighted by atomic mass is 14.4. The van der Waals surface area contributed by atoms with E-state index in [1.54, 1.807) is 0 Å². The summed E-state index contributed by atoms with van der Waals surface area (Å²) in [6.45, 7) is 4.49. The number of nitrogens with zero attached hydrogens (tertiary/aromatic N) is 1. The van der Waals surface area contributed by atoms with Crippen LogP contribution >= 0.6 is 0 Å². The topological polar surface area (TPSA) is 23.8 Å². The SMILES string of the molecule is CCC=CCCC1(C#N)CCC(C2CCC(CCCCCCC)CC2)CC1. The average Bonchev–Trinajstić information content (AvgIpc) is 2.72. The Hall–Kier alpha value is -0.770. The molecule has 0 heterocycles. The van der Waals surface area contributed by atoms with Crippen LogP contribution in [-0.2, 0) is 0 Å². The minimum Gasteiger partial charge on any atom is -0.198 e. The lowest BCUT2D eigenvalue weighted by atomic mass is 9.63. The highest BCUT2D eigenvalue weighted by molar-refractivity contribution is 5.03. The third-order valence-electron chi connectivity index (χ3n) is 7.69. The van der Waals surface area contributed by atoms with Gasteiger partial charge in [-0.25, -0.2) is 0 Å². The summed E-state index contributed by atoms with van der Waals surface area (Å²) >= 11 is 0. The molecule has 2 rings (SSSR count). The van der Waals surface area contributed by atoms with Gasteiger partial charge in [0.2, 0.25) is 0 Å². The number of rotatable bonds is 11. The first-order chi connectivity index (χ1) is 13.2. The number of hydrogen-bond donors (Lipinski definition) is 0. The van der Waals surface area contributed by atoms with Crippen LogP contribution in [-0.4, -0.2) is 0 Å². The van der Waals surface area contributed by atoms with E-state index in [1.807, 2.05) is 0 Å². The van der Waals surface area contributed by atoms with Crippen LogP contribution in [0.2, 0.25) is 0 Å². The number of allylic oxidation sites excluding steroid dienone is 2. The minimum atomic E-state index is -0.00965. The van der Waals surface area contributed by atoms with E-state index in [0.29, 0.717) is 0 Å². The van der Waals surface area contributed by atoms with Gasteiger partial charge in [0.1, 0.15) is 0 Å². The maximum Gasteiger partial charge on any atom is 0.0689 e. The fourth-order valence-electron chi connectivity index (χ4n) is 5.71. The largest absolute Gasteiger partial charge is 0.198 e. The summed E-state index contributed by atoms with van der Waals surface area (Å²) in [6.07, 6.45) is 27.3. The van der Waals surface area contributed by atoms with E-state index < -0.39 is 0 Å². The van der Waals surface area contributed by atoms with E-state index in [4.69, 9.17) is 0 Å². The second-order valence-corrected chi connectivity index (χ2v) is 9.63. The van der Waals surface area contributed by atoms with Crippen molar-refractivity contribution in [2.75, 3.05) is 0 Å². The van der Waals surface area contributed by atoms with Crippen molar-refractivity contribution in [2.45, 2.75) is 123 Å². The lowest BCUT2D eigenvalue weighted by Gasteiger charge is -2.40. The Morgan fingerprint density at radius 1 is 0.852 bits per heavy atom. The van der Waals surface area contributed by atoms with Crippen LogP contribution in [0.5, 0.6) is 0 Å². The molecule has 0 amide bonds. The molecule has 1 heteroatoms. The minimum absolute atomic E-state index is 0.00965. The number of hydrogen-bond acceptors (Lipinski definition) is 1. The fraction of sp³-hybridized carbons (Fsp3) is 0.885. The zero-order valence-electron chi connectivity index (χ0n) is 18.4. The van der Waals surface area contributed by atoms with E-state index in [9.17, 15) is 5.26 Å². The maximum atomic E-state index is 9.79. The summed E-state index contributed by atoms with van der Waals surface area (Å²) in [5.41, 5.74) is -0.00965. The summed E-state index contributed by atoms with van der Waals surface area (Å²) < 4.78 is 0. The molecule has 2 aliphatic carbocycles. The van der Waals surface area contributed by atoms with Gasteiger partial charge < -0.3 is 0 Å². The molecule has 0 atom stereocenters. The molecule has 0 radical (unpaired) electrons. The van der Waals surface area contributed by atoms with E-state index >= 15 is 0 Å². The maximum absolute atomic E-state index is 9.79. The van der Waals surface area contributed by atoms with E-state index in [-0.39, 0.29) is 5.41 Å². The van der Waals surface area contributed by atoms with Crippen LogP contribution in [0, 0.1) is 34.5 Å². The molecule has 0 N–H and O–H groups in total. The Balaban J connectivity index is 1.65. The van der Waals surface area contributed by atoms with Crippen LogP contribution in [0.15, 0.2) is 12.2 Å². The monoisotopic (exact) mass is 371 g/mol. The summed E-state index contributed by atoms with van der Waals surface area (Å²) in [5.74, 6) is 2.91. The van der Waals surface area contributed by atoms with Crippen LogP contribution in [0.1, 0.15) is 123 Å². The van der Waals surface area contributed by atoms with Gasteiger partial charge in [0.25, 0.3) is 0 Å². The smallest absolute Gasteiger partial charge is 0.0689 e. The van der Waals surface area contributed by atoms with Crippen LogP contribution in [0.25, 0.3) is 0 Å². The average molecular weight is 372 g/mol. The molecule has 2 aliphatic rings. The summed E-state index contributed by atoms with van der Waals surface area (Å²) in [7, 11) is 0. The Morgan fingerprint density at radius 3 is 2.15 bits per heavy atom.